The molecule has 5 nitrogen and oxygen atoms in total. The van der Waals surface area contributed by atoms with Gasteiger partial charge in [-0.25, -0.2) is 0 Å². The number of para-hydroxylation sites is 1. The number of benzene rings is 1. The van der Waals surface area contributed by atoms with Gasteiger partial charge in [0.25, 0.3) is 5.91 Å². The van der Waals surface area contributed by atoms with Gasteiger partial charge >= 0.3 is 0 Å². The lowest BCUT2D eigenvalue weighted by molar-refractivity contribution is 0.0952. The molecule has 1 heterocycles. The van der Waals surface area contributed by atoms with Gasteiger partial charge in [-0.05, 0) is 19.1 Å². The summed E-state index contributed by atoms with van der Waals surface area (Å²) in [7, 11) is 1.87. The number of hydrogen-bond acceptors (Lipinski definition) is 3. The Labute approximate surface area is 106 Å². The number of aryl methyl sites for hydroxylation is 1. The van der Waals surface area contributed by atoms with Gasteiger partial charge in [0.05, 0.1) is 11.8 Å². The van der Waals surface area contributed by atoms with Crippen LogP contribution in [0.15, 0.2) is 30.5 Å². The second kappa shape index (κ2) is 4.91. The first-order valence-corrected chi connectivity index (χ1v) is 5.69. The highest BCUT2D eigenvalue weighted by Crippen LogP contribution is 2.11. The minimum Gasteiger partial charge on any atom is -0.398 e. The Balaban J connectivity index is 2.05. The van der Waals surface area contributed by atoms with Crippen LogP contribution < -0.4 is 11.1 Å². The second-order valence-electron chi connectivity index (χ2n) is 4.15. The van der Waals surface area contributed by atoms with Gasteiger partial charge in [0.2, 0.25) is 0 Å². The number of anilines is 1. The normalized spacial score (nSPS) is 10.3. The van der Waals surface area contributed by atoms with Crippen molar-refractivity contribution in [3.63, 3.8) is 0 Å². The van der Waals surface area contributed by atoms with E-state index in [9.17, 15) is 4.79 Å². The van der Waals surface area contributed by atoms with Crippen molar-refractivity contribution in [2.24, 2.45) is 7.05 Å². The molecule has 0 aliphatic heterocycles. The molecule has 1 aromatic carbocycles. The lowest BCUT2D eigenvalue weighted by Gasteiger charge is -2.07. The molecule has 0 atom stereocenters. The van der Waals surface area contributed by atoms with Crippen LogP contribution in [0.3, 0.4) is 0 Å². The molecule has 94 valence electrons. The summed E-state index contributed by atoms with van der Waals surface area (Å²) in [5.74, 6) is -0.170. The fraction of sp³-hybridized carbons (Fsp3) is 0.231. The zero-order valence-corrected chi connectivity index (χ0v) is 10.5. The summed E-state index contributed by atoms with van der Waals surface area (Å²) in [6, 6.07) is 7.02. The molecule has 1 amide bonds. The van der Waals surface area contributed by atoms with Crippen molar-refractivity contribution in [2.75, 3.05) is 5.73 Å². The Hall–Kier alpha value is -2.30. The van der Waals surface area contributed by atoms with Crippen LogP contribution in [0.5, 0.6) is 0 Å². The lowest BCUT2D eigenvalue weighted by atomic mass is 10.1. The van der Waals surface area contributed by atoms with Gasteiger partial charge in [0.15, 0.2) is 0 Å². The van der Waals surface area contributed by atoms with E-state index in [1.807, 2.05) is 14.0 Å². The van der Waals surface area contributed by atoms with Crippen molar-refractivity contribution in [1.29, 1.82) is 0 Å². The van der Waals surface area contributed by atoms with Crippen LogP contribution in [0.2, 0.25) is 0 Å². The number of rotatable bonds is 3. The molecule has 0 spiro atoms. The van der Waals surface area contributed by atoms with Crippen molar-refractivity contribution in [1.82, 2.24) is 15.1 Å². The standard InChI is InChI=1S/C13H16N4O/c1-9-10(8-16-17(9)2)7-15-13(18)11-5-3-4-6-12(11)14/h3-6,8H,7,14H2,1-2H3,(H,15,18). The molecule has 0 unspecified atom stereocenters. The SMILES string of the molecule is Cc1c(CNC(=O)c2ccccc2N)cnn1C. The number of nitrogens with zero attached hydrogens (tertiary/aromatic N) is 2. The number of carbonyl (C=O) groups is 1. The number of hydrogen-bond donors (Lipinski definition) is 2. The smallest absolute Gasteiger partial charge is 0.253 e. The maximum absolute atomic E-state index is 11.9. The Morgan fingerprint density at radius 3 is 2.78 bits per heavy atom. The van der Waals surface area contributed by atoms with Crippen LogP contribution >= 0.6 is 0 Å². The van der Waals surface area contributed by atoms with E-state index in [1.165, 1.54) is 0 Å². The van der Waals surface area contributed by atoms with Gasteiger partial charge in [-0.3, -0.25) is 9.48 Å². The van der Waals surface area contributed by atoms with E-state index in [1.54, 1.807) is 35.1 Å². The third-order valence-electron chi connectivity index (χ3n) is 2.98. The Bertz CT molecular complexity index is 574. The third-order valence-corrected chi connectivity index (χ3v) is 2.98. The molecule has 0 aliphatic rings. The minimum absolute atomic E-state index is 0.170. The summed E-state index contributed by atoms with van der Waals surface area (Å²) in [5, 5.41) is 6.96. The molecule has 0 radical (unpaired) electrons. The summed E-state index contributed by atoms with van der Waals surface area (Å²) in [6.45, 7) is 2.41. The molecule has 2 rings (SSSR count). The van der Waals surface area contributed by atoms with Gasteiger partial charge in [0, 0.05) is 30.5 Å². The van der Waals surface area contributed by atoms with Gasteiger partial charge < -0.3 is 11.1 Å². The van der Waals surface area contributed by atoms with Crippen molar-refractivity contribution in [2.45, 2.75) is 13.5 Å². The van der Waals surface area contributed by atoms with E-state index in [4.69, 9.17) is 5.73 Å². The van der Waals surface area contributed by atoms with Crippen molar-refractivity contribution in [3.8, 4) is 0 Å². The fourth-order valence-corrected chi connectivity index (χ4v) is 1.69. The molecule has 0 saturated heterocycles. The largest absolute Gasteiger partial charge is 0.398 e. The average molecular weight is 244 g/mol. The van der Waals surface area contributed by atoms with Gasteiger partial charge in [-0.2, -0.15) is 5.10 Å². The predicted molar refractivity (Wildman–Crippen MR) is 70.0 cm³/mol. The monoisotopic (exact) mass is 244 g/mol. The van der Waals surface area contributed by atoms with E-state index in [0.29, 0.717) is 17.8 Å². The summed E-state index contributed by atoms with van der Waals surface area (Å²) >= 11 is 0. The van der Waals surface area contributed by atoms with Crippen molar-refractivity contribution in [3.05, 3.63) is 47.3 Å². The maximum Gasteiger partial charge on any atom is 0.253 e. The van der Waals surface area contributed by atoms with Crippen LogP contribution in [-0.4, -0.2) is 15.7 Å². The molecular weight excluding hydrogens is 228 g/mol. The molecule has 18 heavy (non-hydrogen) atoms. The number of nitrogens with one attached hydrogen (secondary N) is 1. The lowest BCUT2D eigenvalue weighted by Crippen LogP contribution is -2.24. The molecule has 0 saturated carbocycles. The highest BCUT2D eigenvalue weighted by Gasteiger charge is 2.10. The number of amides is 1. The molecule has 1 aromatic heterocycles. The van der Waals surface area contributed by atoms with Gasteiger partial charge in [-0.1, -0.05) is 12.1 Å². The minimum atomic E-state index is -0.170. The third kappa shape index (κ3) is 2.34. The Morgan fingerprint density at radius 1 is 1.44 bits per heavy atom. The molecule has 0 fully saturated rings. The molecule has 0 aliphatic carbocycles. The fourth-order valence-electron chi connectivity index (χ4n) is 1.69. The van der Waals surface area contributed by atoms with Crippen molar-refractivity contribution >= 4 is 11.6 Å². The van der Waals surface area contributed by atoms with Gasteiger partial charge in [-0.15, -0.1) is 0 Å². The molecule has 5 heteroatoms. The van der Waals surface area contributed by atoms with Gasteiger partial charge in [0.1, 0.15) is 0 Å². The maximum atomic E-state index is 11.9. The number of carbonyl (C=O) groups excluding carboxylic acids is 1. The highest BCUT2D eigenvalue weighted by molar-refractivity contribution is 5.98. The highest BCUT2D eigenvalue weighted by atomic mass is 16.1. The zero-order valence-electron chi connectivity index (χ0n) is 10.5. The summed E-state index contributed by atoms with van der Waals surface area (Å²) in [4.78, 5) is 11.9. The summed E-state index contributed by atoms with van der Waals surface area (Å²) in [5.41, 5.74) is 8.77. The first kappa shape index (κ1) is 12.2. The van der Waals surface area contributed by atoms with Crippen LogP contribution in [-0.2, 0) is 13.6 Å². The predicted octanol–water partition coefficient (Wildman–Crippen LogP) is 1.24. The average Bonchev–Trinajstić information content (AvgIpc) is 2.68. The van der Waals surface area contributed by atoms with E-state index < -0.39 is 0 Å². The molecule has 3 N–H and O–H groups in total. The number of nitrogen functional groups attached to an aromatic ring is 1. The Kier molecular flexibility index (Phi) is 3.32. The zero-order chi connectivity index (χ0) is 13.1. The van der Waals surface area contributed by atoms with E-state index >= 15 is 0 Å². The second-order valence-corrected chi connectivity index (χ2v) is 4.15. The molecule has 0 bridgehead atoms. The summed E-state index contributed by atoms with van der Waals surface area (Å²) in [6.07, 6.45) is 1.75. The van der Waals surface area contributed by atoms with Crippen molar-refractivity contribution < 1.29 is 4.79 Å². The van der Waals surface area contributed by atoms with Crippen LogP contribution in [0, 0.1) is 6.92 Å². The van der Waals surface area contributed by atoms with Crippen LogP contribution in [0.4, 0.5) is 5.69 Å². The van der Waals surface area contributed by atoms with E-state index in [0.717, 1.165) is 11.3 Å². The molecule has 2 aromatic rings. The Morgan fingerprint density at radius 2 is 2.17 bits per heavy atom. The first-order valence-electron chi connectivity index (χ1n) is 5.69. The first-order chi connectivity index (χ1) is 8.59. The van der Waals surface area contributed by atoms with Crippen LogP contribution in [0.25, 0.3) is 0 Å². The quantitative estimate of drug-likeness (QED) is 0.798. The number of aromatic nitrogens is 2. The summed E-state index contributed by atoms with van der Waals surface area (Å²) < 4.78 is 1.78. The topological polar surface area (TPSA) is 72.9 Å². The van der Waals surface area contributed by atoms with E-state index in [-0.39, 0.29) is 5.91 Å². The molecular formula is C13H16N4O. The number of nitrogens with two attached hydrogens (primary N) is 1. The van der Waals surface area contributed by atoms with Crippen LogP contribution in [0.1, 0.15) is 21.6 Å². The van der Waals surface area contributed by atoms with E-state index in [2.05, 4.69) is 10.4 Å².